The van der Waals surface area contributed by atoms with E-state index in [1.54, 1.807) is 48.5 Å². The van der Waals surface area contributed by atoms with Crippen LogP contribution in [-0.4, -0.2) is 30.6 Å². The van der Waals surface area contributed by atoms with Crippen molar-refractivity contribution in [3.63, 3.8) is 0 Å². The van der Waals surface area contributed by atoms with E-state index in [-0.39, 0.29) is 22.3 Å². The normalized spacial score (nSPS) is 17.9. The average Bonchev–Trinajstić information content (AvgIpc) is 2.77. The van der Waals surface area contributed by atoms with E-state index in [9.17, 15) is 19.6 Å². The predicted molar refractivity (Wildman–Crippen MR) is 123 cm³/mol. The van der Waals surface area contributed by atoms with Crippen LogP contribution in [0, 0.1) is 17.2 Å². The summed E-state index contributed by atoms with van der Waals surface area (Å²) in [7, 11) is 1.17. The van der Waals surface area contributed by atoms with E-state index >= 15 is 0 Å². The zero-order valence-electron chi connectivity index (χ0n) is 16.7. The molecule has 7 nitrogen and oxygen atoms in total. The molecule has 2 amide bonds. The highest BCUT2D eigenvalue weighted by atomic mass is 35.5. The molecule has 0 aliphatic carbocycles. The molecular weight excluding hydrogens is 473 g/mol. The van der Waals surface area contributed by atoms with Crippen LogP contribution in [0.3, 0.4) is 0 Å². The third kappa shape index (κ3) is 5.25. The third-order valence-electron chi connectivity index (χ3n) is 4.68. The van der Waals surface area contributed by atoms with Gasteiger partial charge in [0, 0.05) is 21.7 Å². The lowest BCUT2D eigenvalue weighted by molar-refractivity contribution is -0.150. The second-order valence-corrected chi connectivity index (χ2v) is 8.52. The Labute approximate surface area is 198 Å². The van der Waals surface area contributed by atoms with Crippen LogP contribution in [0.1, 0.15) is 11.5 Å². The van der Waals surface area contributed by atoms with Gasteiger partial charge in [-0.3, -0.25) is 14.4 Å². The van der Waals surface area contributed by atoms with E-state index in [4.69, 9.17) is 27.9 Å². The Morgan fingerprint density at radius 1 is 1.22 bits per heavy atom. The van der Waals surface area contributed by atoms with Crippen molar-refractivity contribution in [1.82, 2.24) is 5.32 Å². The third-order valence-corrected chi connectivity index (χ3v) is 6.28. The predicted octanol–water partition coefficient (Wildman–Crippen LogP) is 4.10. The summed E-state index contributed by atoms with van der Waals surface area (Å²) in [6.45, 7) is 0. The first-order chi connectivity index (χ1) is 15.3. The van der Waals surface area contributed by atoms with E-state index in [0.717, 1.165) is 11.8 Å². The second kappa shape index (κ2) is 10.6. The number of nitrogens with one attached hydrogen (secondary N) is 2. The van der Waals surface area contributed by atoms with Gasteiger partial charge in [0.2, 0.25) is 11.8 Å². The number of ether oxygens (including phenoxy) is 1. The smallest absolute Gasteiger partial charge is 0.319 e. The summed E-state index contributed by atoms with van der Waals surface area (Å²) in [4.78, 5) is 37.6. The van der Waals surface area contributed by atoms with Crippen molar-refractivity contribution in [3.05, 3.63) is 74.7 Å². The quantitative estimate of drug-likeness (QED) is 0.466. The maximum atomic E-state index is 12.8. The van der Waals surface area contributed by atoms with Crippen LogP contribution in [-0.2, 0) is 19.1 Å². The number of nitriles is 1. The lowest BCUT2D eigenvalue weighted by Crippen LogP contribution is -2.44. The molecule has 0 fully saturated rings. The number of halogens is 2. The lowest BCUT2D eigenvalue weighted by atomic mass is 9.78. The highest BCUT2D eigenvalue weighted by molar-refractivity contribution is 8.03. The van der Waals surface area contributed by atoms with Crippen LogP contribution < -0.4 is 10.6 Å². The molecule has 32 heavy (non-hydrogen) atoms. The van der Waals surface area contributed by atoms with Crippen LogP contribution in [0.25, 0.3) is 0 Å². The van der Waals surface area contributed by atoms with Crippen molar-refractivity contribution >= 4 is 58.4 Å². The Kier molecular flexibility index (Phi) is 7.80. The van der Waals surface area contributed by atoms with Gasteiger partial charge in [-0.25, -0.2) is 0 Å². The number of thioether (sulfide) groups is 1. The summed E-state index contributed by atoms with van der Waals surface area (Å²) in [6, 6.07) is 15.4. The van der Waals surface area contributed by atoms with Crippen molar-refractivity contribution < 1.29 is 19.1 Å². The van der Waals surface area contributed by atoms with Crippen molar-refractivity contribution in [2.45, 2.75) is 5.92 Å². The summed E-state index contributed by atoms with van der Waals surface area (Å²) in [5, 5.41) is 16.1. The SMILES string of the molecule is COC(=O)C1C(=O)NC(SCC(=O)Nc2cccc(Cl)c2)=C(C#N)C1c1ccccc1Cl. The fourth-order valence-corrected chi connectivity index (χ4v) is 4.58. The van der Waals surface area contributed by atoms with Crippen LogP contribution in [0.2, 0.25) is 10.0 Å². The van der Waals surface area contributed by atoms with Crippen LogP contribution in [0.15, 0.2) is 59.1 Å². The number of anilines is 1. The molecule has 1 heterocycles. The zero-order chi connectivity index (χ0) is 23.3. The zero-order valence-corrected chi connectivity index (χ0v) is 19.1. The van der Waals surface area contributed by atoms with Crippen LogP contribution in [0.4, 0.5) is 5.69 Å². The molecule has 164 valence electrons. The standard InChI is InChI=1S/C22H17Cl2N3O4S/c1-31-22(30)19-18(14-7-2-3-8-16(14)24)15(10-25)21(27-20(19)29)32-11-17(28)26-13-6-4-5-12(23)9-13/h2-9,18-19H,11H2,1H3,(H,26,28)(H,27,29). The van der Waals surface area contributed by atoms with E-state index in [0.29, 0.717) is 21.3 Å². The summed E-state index contributed by atoms with van der Waals surface area (Å²) >= 11 is 13.2. The highest BCUT2D eigenvalue weighted by Crippen LogP contribution is 2.42. The average molecular weight is 490 g/mol. The summed E-state index contributed by atoms with van der Waals surface area (Å²) in [5.74, 6) is -4.12. The van der Waals surface area contributed by atoms with E-state index in [1.807, 2.05) is 0 Å². The van der Waals surface area contributed by atoms with Gasteiger partial charge < -0.3 is 15.4 Å². The van der Waals surface area contributed by atoms with Gasteiger partial charge in [0.25, 0.3) is 0 Å². The van der Waals surface area contributed by atoms with Crippen molar-refractivity contribution in [2.75, 3.05) is 18.2 Å². The minimum Gasteiger partial charge on any atom is -0.468 e. The largest absolute Gasteiger partial charge is 0.468 e. The minimum atomic E-state index is -1.29. The number of benzene rings is 2. The minimum absolute atomic E-state index is 0.0918. The fraction of sp³-hybridized carbons (Fsp3) is 0.182. The molecule has 0 radical (unpaired) electrons. The van der Waals surface area contributed by atoms with Gasteiger partial charge in [-0.1, -0.05) is 59.2 Å². The summed E-state index contributed by atoms with van der Waals surface area (Å²) < 4.78 is 4.80. The van der Waals surface area contributed by atoms with Crippen LogP contribution in [0.5, 0.6) is 0 Å². The fourth-order valence-electron chi connectivity index (χ4n) is 3.28. The van der Waals surface area contributed by atoms with Gasteiger partial charge in [0.05, 0.1) is 29.5 Å². The van der Waals surface area contributed by atoms with Gasteiger partial charge in [0.1, 0.15) is 5.92 Å². The summed E-state index contributed by atoms with van der Waals surface area (Å²) in [5.41, 5.74) is 1.08. The topological polar surface area (TPSA) is 108 Å². The molecule has 3 rings (SSSR count). The molecule has 10 heteroatoms. The number of carbonyl (C=O) groups excluding carboxylic acids is 3. The molecule has 0 bridgehead atoms. The summed E-state index contributed by atoms with van der Waals surface area (Å²) in [6.07, 6.45) is 0. The highest BCUT2D eigenvalue weighted by Gasteiger charge is 2.45. The van der Waals surface area contributed by atoms with Crippen molar-refractivity contribution in [1.29, 1.82) is 5.26 Å². The molecule has 2 unspecified atom stereocenters. The Bertz CT molecular complexity index is 1150. The van der Waals surface area contributed by atoms with E-state index < -0.39 is 23.7 Å². The van der Waals surface area contributed by atoms with Gasteiger partial charge in [-0.2, -0.15) is 5.26 Å². The first-order valence-corrected chi connectivity index (χ1v) is 11.1. The van der Waals surface area contributed by atoms with Crippen molar-refractivity contribution in [2.24, 2.45) is 5.92 Å². The molecule has 2 aromatic rings. The lowest BCUT2D eigenvalue weighted by Gasteiger charge is -2.31. The second-order valence-electron chi connectivity index (χ2n) is 6.69. The first-order valence-electron chi connectivity index (χ1n) is 9.31. The van der Waals surface area contributed by atoms with Gasteiger partial charge >= 0.3 is 5.97 Å². The van der Waals surface area contributed by atoms with E-state index in [1.165, 1.54) is 7.11 Å². The monoisotopic (exact) mass is 489 g/mol. The maximum absolute atomic E-state index is 12.8. The van der Waals surface area contributed by atoms with Gasteiger partial charge in [0.15, 0.2) is 0 Å². The molecule has 2 N–H and O–H groups in total. The number of allylic oxidation sites excluding steroid dienone is 1. The maximum Gasteiger partial charge on any atom is 0.319 e. The number of esters is 1. The number of methoxy groups -OCH3 is 1. The van der Waals surface area contributed by atoms with Gasteiger partial charge in [-0.05, 0) is 29.8 Å². The number of nitrogens with zero attached hydrogens (tertiary/aromatic N) is 1. The van der Waals surface area contributed by atoms with Crippen LogP contribution >= 0.6 is 35.0 Å². The van der Waals surface area contributed by atoms with E-state index in [2.05, 4.69) is 16.7 Å². The number of hydrogen-bond donors (Lipinski definition) is 2. The first kappa shape index (κ1) is 23.7. The number of rotatable bonds is 6. The molecule has 0 aromatic heterocycles. The Morgan fingerprint density at radius 2 is 1.97 bits per heavy atom. The molecule has 2 aromatic carbocycles. The number of carbonyl (C=O) groups is 3. The molecule has 0 saturated carbocycles. The van der Waals surface area contributed by atoms with Crippen molar-refractivity contribution in [3.8, 4) is 6.07 Å². The number of amides is 2. The molecule has 2 atom stereocenters. The molecule has 0 spiro atoms. The Morgan fingerprint density at radius 3 is 2.62 bits per heavy atom. The molecule has 0 saturated heterocycles. The molecule has 1 aliphatic heterocycles. The number of hydrogen-bond acceptors (Lipinski definition) is 6. The molecule has 1 aliphatic rings. The Hall–Kier alpha value is -2.99. The Balaban J connectivity index is 1.91. The molecular formula is C22H17Cl2N3O4S. The van der Waals surface area contributed by atoms with Gasteiger partial charge in [-0.15, -0.1) is 0 Å².